The Morgan fingerprint density at radius 3 is 2.70 bits per heavy atom. The van der Waals surface area contributed by atoms with Crippen molar-refractivity contribution in [2.45, 2.75) is 57.8 Å². The minimum absolute atomic E-state index is 0.141. The van der Waals surface area contributed by atoms with Crippen molar-refractivity contribution in [1.29, 1.82) is 5.26 Å². The minimum atomic E-state index is -3.60. The van der Waals surface area contributed by atoms with Gasteiger partial charge in [0, 0.05) is 31.7 Å². The van der Waals surface area contributed by atoms with E-state index in [4.69, 9.17) is 8.92 Å². The highest BCUT2D eigenvalue weighted by molar-refractivity contribution is 7.86. The standard InChI is InChI=1S/C22H33N3O4S/c1-16-14-24-15-22(3,28-16)12-18-8-10-25(11-9-18)21-19(13-23)6-5-7-20(21)17(2)29-30(4,26)27/h5-7,16-18,24H,8-12,14-15H2,1-4H3. The molecule has 3 unspecified atom stereocenters. The summed E-state index contributed by atoms with van der Waals surface area (Å²) in [7, 11) is -3.60. The fourth-order valence-corrected chi connectivity index (χ4v) is 5.48. The lowest BCUT2D eigenvalue weighted by atomic mass is 9.84. The van der Waals surface area contributed by atoms with Crippen LogP contribution in [0.1, 0.15) is 57.3 Å². The molecule has 2 fully saturated rings. The molecule has 1 aromatic carbocycles. The van der Waals surface area contributed by atoms with Gasteiger partial charge in [-0.05, 0) is 52.0 Å². The van der Waals surface area contributed by atoms with E-state index in [9.17, 15) is 13.7 Å². The quantitative estimate of drug-likeness (QED) is 0.687. The number of ether oxygens (including phenoxy) is 1. The van der Waals surface area contributed by atoms with E-state index in [1.54, 1.807) is 19.1 Å². The number of hydrogen-bond acceptors (Lipinski definition) is 7. The third-order valence-corrected chi connectivity index (χ3v) is 6.65. The number of nitriles is 1. The molecule has 1 aromatic rings. The molecule has 2 heterocycles. The Bertz CT molecular complexity index is 890. The van der Waals surface area contributed by atoms with Crippen LogP contribution in [-0.4, -0.2) is 52.6 Å². The number of nitrogens with zero attached hydrogens (tertiary/aromatic N) is 2. The van der Waals surface area contributed by atoms with Crippen LogP contribution >= 0.6 is 0 Å². The van der Waals surface area contributed by atoms with Gasteiger partial charge in [-0.3, -0.25) is 4.18 Å². The Balaban J connectivity index is 1.73. The second-order valence-electron chi connectivity index (χ2n) is 8.94. The molecular weight excluding hydrogens is 402 g/mol. The van der Waals surface area contributed by atoms with Crippen LogP contribution in [0.25, 0.3) is 0 Å². The molecule has 0 aromatic heterocycles. The maximum Gasteiger partial charge on any atom is 0.264 e. The summed E-state index contributed by atoms with van der Waals surface area (Å²) in [5, 5.41) is 13.1. The van der Waals surface area contributed by atoms with Crippen molar-refractivity contribution in [2.24, 2.45) is 5.92 Å². The van der Waals surface area contributed by atoms with E-state index in [1.165, 1.54) is 0 Å². The van der Waals surface area contributed by atoms with E-state index in [1.807, 2.05) is 6.07 Å². The number of nitrogens with one attached hydrogen (secondary N) is 1. The van der Waals surface area contributed by atoms with E-state index < -0.39 is 16.2 Å². The van der Waals surface area contributed by atoms with Crippen molar-refractivity contribution in [3.63, 3.8) is 0 Å². The monoisotopic (exact) mass is 435 g/mol. The zero-order valence-corrected chi connectivity index (χ0v) is 19.2. The number of piperidine rings is 1. The van der Waals surface area contributed by atoms with Gasteiger partial charge >= 0.3 is 0 Å². The molecule has 0 saturated carbocycles. The number of morpholine rings is 1. The largest absolute Gasteiger partial charge is 0.370 e. The molecule has 7 nitrogen and oxygen atoms in total. The van der Waals surface area contributed by atoms with Gasteiger partial charge in [0.05, 0.1) is 29.2 Å². The van der Waals surface area contributed by atoms with E-state index in [2.05, 4.69) is 30.1 Å². The first-order chi connectivity index (χ1) is 14.1. The SMILES string of the molecule is CC1CNCC(C)(CC2CCN(c3c(C#N)cccc3C(C)OS(C)(=O)=O)CC2)O1. The molecule has 166 valence electrons. The summed E-state index contributed by atoms with van der Waals surface area (Å²) >= 11 is 0. The van der Waals surface area contributed by atoms with Crippen LogP contribution in [0.3, 0.4) is 0 Å². The molecule has 0 spiro atoms. The van der Waals surface area contributed by atoms with Crippen molar-refractivity contribution >= 4 is 15.8 Å². The Hall–Kier alpha value is -1.66. The fourth-order valence-electron chi connectivity index (χ4n) is 4.85. The zero-order chi connectivity index (χ0) is 21.9. The molecule has 2 aliphatic rings. The number of rotatable bonds is 6. The third kappa shape index (κ3) is 5.73. The molecule has 0 radical (unpaired) electrons. The Labute approximate surface area is 180 Å². The zero-order valence-electron chi connectivity index (χ0n) is 18.3. The lowest BCUT2D eigenvalue weighted by Crippen LogP contribution is -2.52. The highest BCUT2D eigenvalue weighted by Gasteiger charge is 2.35. The van der Waals surface area contributed by atoms with Crippen molar-refractivity contribution in [2.75, 3.05) is 37.3 Å². The predicted octanol–water partition coefficient (Wildman–Crippen LogP) is 2.97. The van der Waals surface area contributed by atoms with Crippen LogP contribution in [-0.2, 0) is 19.0 Å². The maximum atomic E-state index is 11.6. The van der Waals surface area contributed by atoms with E-state index >= 15 is 0 Å². The highest BCUT2D eigenvalue weighted by atomic mass is 32.2. The topological polar surface area (TPSA) is 91.7 Å². The first-order valence-electron chi connectivity index (χ1n) is 10.6. The number of hydrogen-bond donors (Lipinski definition) is 1. The number of anilines is 1. The summed E-state index contributed by atoms with van der Waals surface area (Å²) in [5.74, 6) is 0.556. The van der Waals surface area contributed by atoms with Gasteiger partial charge in [-0.1, -0.05) is 12.1 Å². The van der Waals surface area contributed by atoms with Gasteiger partial charge in [-0.2, -0.15) is 13.7 Å². The molecule has 0 aliphatic carbocycles. The van der Waals surface area contributed by atoms with E-state index in [0.29, 0.717) is 11.5 Å². The second-order valence-corrected chi connectivity index (χ2v) is 10.5. The smallest absolute Gasteiger partial charge is 0.264 e. The summed E-state index contributed by atoms with van der Waals surface area (Å²) in [6, 6.07) is 7.67. The van der Waals surface area contributed by atoms with Crippen molar-refractivity contribution in [3.05, 3.63) is 29.3 Å². The van der Waals surface area contributed by atoms with Gasteiger partial charge in [0.25, 0.3) is 10.1 Å². The normalized spacial score (nSPS) is 26.9. The average Bonchev–Trinajstić information content (AvgIpc) is 2.66. The first-order valence-corrected chi connectivity index (χ1v) is 12.5. The molecule has 2 saturated heterocycles. The molecule has 3 rings (SSSR count). The Morgan fingerprint density at radius 1 is 1.40 bits per heavy atom. The Morgan fingerprint density at radius 2 is 2.10 bits per heavy atom. The van der Waals surface area contributed by atoms with Gasteiger partial charge in [0.1, 0.15) is 12.2 Å². The van der Waals surface area contributed by atoms with Crippen molar-refractivity contribution in [3.8, 4) is 6.07 Å². The summed E-state index contributed by atoms with van der Waals surface area (Å²) in [4.78, 5) is 2.21. The van der Waals surface area contributed by atoms with Crippen LogP contribution in [0.2, 0.25) is 0 Å². The Kier molecular flexibility index (Phi) is 7.08. The predicted molar refractivity (Wildman–Crippen MR) is 117 cm³/mol. The van der Waals surface area contributed by atoms with Crippen LogP contribution in [0, 0.1) is 17.2 Å². The van der Waals surface area contributed by atoms with E-state index in [0.717, 1.165) is 62.9 Å². The second kappa shape index (κ2) is 9.23. The molecule has 0 bridgehead atoms. The minimum Gasteiger partial charge on any atom is -0.370 e. The average molecular weight is 436 g/mol. The van der Waals surface area contributed by atoms with Gasteiger partial charge in [0.2, 0.25) is 0 Å². The molecule has 0 amide bonds. The molecule has 3 atom stereocenters. The van der Waals surface area contributed by atoms with Crippen molar-refractivity contribution in [1.82, 2.24) is 5.32 Å². The lowest BCUT2D eigenvalue weighted by molar-refractivity contribution is -0.110. The van der Waals surface area contributed by atoms with Crippen LogP contribution in [0.5, 0.6) is 0 Å². The highest BCUT2D eigenvalue weighted by Crippen LogP contribution is 2.37. The van der Waals surface area contributed by atoms with Crippen molar-refractivity contribution < 1.29 is 17.3 Å². The molecule has 8 heteroatoms. The first kappa shape index (κ1) is 23.0. The maximum absolute atomic E-state index is 11.6. The van der Waals surface area contributed by atoms with E-state index in [-0.39, 0.29) is 11.7 Å². The van der Waals surface area contributed by atoms with Gasteiger partial charge < -0.3 is 15.0 Å². The number of benzene rings is 1. The summed E-state index contributed by atoms with van der Waals surface area (Å²) in [6.07, 6.45) is 3.65. The molecule has 30 heavy (non-hydrogen) atoms. The summed E-state index contributed by atoms with van der Waals surface area (Å²) in [5.41, 5.74) is 1.94. The van der Waals surface area contributed by atoms with Crippen LogP contribution < -0.4 is 10.2 Å². The van der Waals surface area contributed by atoms with Gasteiger partial charge in [-0.15, -0.1) is 0 Å². The van der Waals surface area contributed by atoms with Gasteiger partial charge in [0.15, 0.2) is 0 Å². The summed E-state index contributed by atoms with van der Waals surface area (Å²) in [6.45, 7) is 9.42. The molecular formula is C22H33N3O4S. The fraction of sp³-hybridized carbons (Fsp3) is 0.682. The van der Waals surface area contributed by atoms with Crippen LogP contribution in [0.4, 0.5) is 5.69 Å². The van der Waals surface area contributed by atoms with Gasteiger partial charge in [-0.25, -0.2) is 0 Å². The number of para-hydroxylation sites is 1. The molecule has 1 N–H and O–H groups in total. The lowest BCUT2D eigenvalue weighted by Gasteiger charge is -2.43. The molecule has 2 aliphatic heterocycles. The third-order valence-electron chi connectivity index (χ3n) is 6.01. The summed E-state index contributed by atoms with van der Waals surface area (Å²) < 4.78 is 34.7. The van der Waals surface area contributed by atoms with Crippen LogP contribution in [0.15, 0.2) is 18.2 Å².